The van der Waals surface area contributed by atoms with Crippen LogP contribution < -0.4 is 5.32 Å². The van der Waals surface area contributed by atoms with Gasteiger partial charge in [-0.2, -0.15) is 17.0 Å². The van der Waals surface area contributed by atoms with Crippen LogP contribution in [0.2, 0.25) is 5.02 Å². The maximum atomic E-state index is 9.35. The third-order valence-electron chi connectivity index (χ3n) is 3.63. The molecule has 2 unspecified atom stereocenters. The van der Waals surface area contributed by atoms with E-state index in [9.17, 15) is 5.26 Å². The second-order valence-corrected chi connectivity index (χ2v) is 6.69. The predicted octanol–water partition coefficient (Wildman–Crippen LogP) is 4.00. The highest BCUT2D eigenvalue weighted by molar-refractivity contribution is 7.99. The van der Waals surface area contributed by atoms with Gasteiger partial charge < -0.3 is 0 Å². The smallest absolute Gasteiger partial charge is 0.107 e. The van der Waals surface area contributed by atoms with Crippen LogP contribution in [0.3, 0.4) is 0 Å². The number of nitrogens with one attached hydrogen (secondary N) is 1. The van der Waals surface area contributed by atoms with Crippen molar-refractivity contribution in [2.75, 3.05) is 6.54 Å². The van der Waals surface area contributed by atoms with Crippen molar-refractivity contribution in [3.05, 3.63) is 34.9 Å². The van der Waals surface area contributed by atoms with Gasteiger partial charge in [-0.3, -0.25) is 5.32 Å². The van der Waals surface area contributed by atoms with Gasteiger partial charge in [-0.15, -0.1) is 0 Å². The Morgan fingerprint density at radius 2 is 2.32 bits per heavy atom. The van der Waals surface area contributed by atoms with E-state index >= 15 is 0 Å². The van der Waals surface area contributed by atoms with E-state index in [0.29, 0.717) is 5.25 Å². The molecule has 1 aliphatic carbocycles. The maximum absolute atomic E-state index is 9.35. The van der Waals surface area contributed by atoms with Crippen molar-refractivity contribution in [2.45, 2.75) is 42.7 Å². The first-order valence-corrected chi connectivity index (χ1v) is 8.13. The van der Waals surface area contributed by atoms with E-state index in [-0.39, 0.29) is 5.54 Å². The second-order valence-electron chi connectivity index (χ2n) is 4.99. The van der Waals surface area contributed by atoms with Gasteiger partial charge in [0.2, 0.25) is 0 Å². The fourth-order valence-electron chi connectivity index (χ4n) is 2.61. The Kier molecular flexibility index (Phi) is 5.15. The van der Waals surface area contributed by atoms with Crippen LogP contribution in [0.4, 0.5) is 0 Å². The summed E-state index contributed by atoms with van der Waals surface area (Å²) in [7, 11) is 0. The molecule has 102 valence electrons. The monoisotopic (exact) mass is 294 g/mol. The molecule has 0 amide bonds. The lowest BCUT2D eigenvalue weighted by molar-refractivity contribution is 0.436. The van der Waals surface area contributed by atoms with Crippen molar-refractivity contribution < 1.29 is 0 Å². The highest BCUT2D eigenvalue weighted by Gasteiger charge is 2.38. The van der Waals surface area contributed by atoms with E-state index in [0.717, 1.165) is 36.6 Å². The third-order valence-corrected chi connectivity index (χ3v) is 5.35. The Morgan fingerprint density at radius 1 is 1.53 bits per heavy atom. The van der Waals surface area contributed by atoms with Crippen molar-refractivity contribution in [2.24, 2.45) is 0 Å². The summed E-state index contributed by atoms with van der Waals surface area (Å²) in [4.78, 5) is 0. The van der Waals surface area contributed by atoms with Crippen LogP contribution in [0.15, 0.2) is 24.3 Å². The van der Waals surface area contributed by atoms with Crippen molar-refractivity contribution >= 4 is 23.4 Å². The van der Waals surface area contributed by atoms with Gasteiger partial charge in [-0.1, -0.05) is 36.7 Å². The molecular weight excluding hydrogens is 276 g/mol. The zero-order chi connectivity index (χ0) is 13.7. The van der Waals surface area contributed by atoms with Gasteiger partial charge in [-0.25, -0.2) is 0 Å². The van der Waals surface area contributed by atoms with Crippen LogP contribution in [0.1, 0.15) is 31.7 Å². The molecule has 4 heteroatoms. The average Bonchev–Trinajstić information content (AvgIpc) is 2.82. The van der Waals surface area contributed by atoms with E-state index < -0.39 is 0 Å². The Balaban J connectivity index is 1.89. The standard InChI is InChI=1S/C15H19ClN2S/c1-2-18-15(11-17)8-7-13(9-15)19-10-12-5-3-4-6-14(12)16/h3-6,13,18H,2,7-10H2,1H3. The second kappa shape index (κ2) is 6.65. The number of rotatable bonds is 5. The van der Waals surface area contributed by atoms with Gasteiger partial charge in [0.15, 0.2) is 0 Å². The summed E-state index contributed by atoms with van der Waals surface area (Å²) >= 11 is 8.08. The molecule has 0 saturated heterocycles. The minimum absolute atomic E-state index is 0.299. The molecule has 0 aliphatic heterocycles. The molecule has 0 radical (unpaired) electrons. The molecule has 2 rings (SSSR count). The summed E-state index contributed by atoms with van der Waals surface area (Å²) in [5, 5.41) is 14.1. The van der Waals surface area contributed by atoms with Gasteiger partial charge in [0, 0.05) is 16.0 Å². The molecule has 2 atom stereocenters. The van der Waals surface area contributed by atoms with Gasteiger partial charge >= 0.3 is 0 Å². The Labute approximate surface area is 124 Å². The number of hydrogen-bond donors (Lipinski definition) is 1. The average molecular weight is 295 g/mol. The van der Waals surface area contributed by atoms with E-state index in [1.54, 1.807) is 0 Å². The number of benzene rings is 1. The largest absolute Gasteiger partial charge is 0.300 e. The number of hydrogen-bond acceptors (Lipinski definition) is 3. The van der Waals surface area contributed by atoms with E-state index in [1.165, 1.54) is 5.56 Å². The van der Waals surface area contributed by atoms with Crippen molar-refractivity contribution in [3.8, 4) is 6.07 Å². The van der Waals surface area contributed by atoms with E-state index in [4.69, 9.17) is 11.6 Å². The Bertz CT molecular complexity index is 471. The molecule has 1 aromatic carbocycles. The molecule has 19 heavy (non-hydrogen) atoms. The van der Waals surface area contributed by atoms with Crippen LogP contribution in [-0.4, -0.2) is 17.3 Å². The summed E-state index contributed by atoms with van der Waals surface area (Å²) in [5.41, 5.74) is 0.888. The lowest BCUT2D eigenvalue weighted by Crippen LogP contribution is -2.41. The maximum Gasteiger partial charge on any atom is 0.107 e. The van der Waals surface area contributed by atoms with Crippen LogP contribution in [0, 0.1) is 11.3 Å². The first-order valence-electron chi connectivity index (χ1n) is 6.70. The summed E-state index contributed by atoms with van der Waals surface area (Å²) < 4.78 is 0. The lowest BCUT2D eigenvalue weighted by Gasteiger charge is -2.21. The summed E-state index contributed by atoms with van der Waals surface area (Å²) in [6.07, 6.45) is 3.00. The number of thioether (sulfide) groups is 1. The predicted molar refractivity (Wildman–Crippen MR) is 82.4 cm³/mol. The highest BCUT2D eigenvalue weighted by Crippen LogP contribution is 2.38. The van der Waals surface area contributed by atoms with Gasteiger partial charge in [0.05, 0.1) is 6.07 Å². The molecule has 0 spiro atoms. The molecule has 1 saturated carbocycles. The minimum atomic E-state index is -0.299. The molecule has 1 aliphatic rings. The molecule has 0 aromatic heterocycles. The van der Waals surface area contributed by atoms with Gasteiger partial charge in [-0.05, 0) is 37.4 Å². The van der Waals surface area contributed by atoms with E-state index in [2.05, 4.69) is 24.4 Å². The SMILES string of the molecule is CCNC1(C#N)CCC(SCc2ccccc2Cl)C1. The van der Waals surface area contributed by atoms with Crippen molar-refractivity contribution in [1.82, 2.24) is 5.32 Å². The summed E-state index contributed by atoms with van der Waals surface area (Å²) in [6, 6.07) is 10.5. The van der Waals surface area contributed by atoms with E-state index in [1.807, 2.05) is 30.0 Å². The first kappa shape index (κ1) is 14.7. The molecule has 1 aromatic rings. The fourth-order valence-corrected chi connectivity index (χ4v) is 4.24. The quantitative estimate of drug-likeness (QED) is 0.892. The zero-order valence-electron chi connectivity index (χ0n) is 11.2. The molecular formula is C15H19ClN2S. The van der Waals surface area contributed by atoms with Crippen molar-refractivity contribution in [1.29, 1.82) is 5.26 Å². The van der Waals surface area contributed by atoms with Crippen molar-refractivity contribution in [3.63, 3.8) is 0 Å². The number of halogens is 1. The highest BCUT2D eigenvalue weighted by atomic mass is 35.5. The van der Waals surface area contributed by atoms with Crippen LogP contribution in [0.25, 0.3) is 0 Å². The fraction of sp³-hybridized carbons (Fsp3) is 0.533. The normalized spacial score (nSPS) is 26.3. The summed E-state index contributed by atoms with van der Waals surface area (Å²) in [5.74, 6) is 0.929. The Morgan fingerprint density at radius 3 is 3.00 bits per heavy atom. The molecule has 0 heterocycles. The molecule has 0 bridgehead atoms. The van der Waals surface area contributed by atoms with Gasteiger partial charge in [0.1, 0.15) is 5.54 Å². The van der Waals surface area contributed by atoms with Gasteiger partial charge in [0.25, 0.3) is 0 Å². The molecule has 2 nitrogen and oxygen atoms in total. The first-order chi connectivity index (χ1) is 9.19. The number of nitrogens with zero attached hydrogens (tertiary/aromatic N) is 1. The molecule has 1 fully saturated rings. The summed E-state index contributed by atoms with van der Waals surface area (Å²) in [6.45, 7) is 2.92. The van der Waals surface area contributed by atoms with Crippen LogP contribution in [0.5, 0.6) is 0 Å². The minimum Gasteiger partial charge on any atom is -0.300 e. The van der Waals surface area contributed by atoms with Crippen LogP contribution >= 0.6 is 23.4 Å². The Hall–Kier alpha value is -0.690. The lowest BCUT2D eigenvalue weighted by atomic mass is 10.0. The van der Waals surface area contributed by atoms with Crippen LogP contribution in [-0.2, 0) is 5.75 Å². The zero-order valence-corrected chi connectivity index (χ0v) is 12.7. The number of nitriles is 1. The topological polar surface area (TPSA) is 35.8 Å². The molecule has 1 N–H and O–H groups in total. The third kappa shape index (κ3) is 3.66.